The molecule has 0 radical (unpaired) electrons. The smallest absolute Gasteiger partial charge is 0.298 e. The van der Waals surface area contributed by atoms with Gasteiger partial charge in [-0.15, -0.1) is 0 Å². The third-order valence-corrected chi connectivity index (χ3v) is 2.60. The zero-order chi connectivity index (χ0) is 14.5. The van der Waals surface area contributed by atoms with Crippen molar-refractivity contribution in [2.24, 2.45) is 10.3 Å². The molecule has 0 N–H and O–H groups in total. The molecule has 0 bridgehead atoms. The number of rotatable bonds is 5. The topological polar surface area (TPSA) is 104 Å². The fraction of sp³-hybridized carbons (Fsp3) is 0.417. The van der Waals surface area contributed by atoms with E-state index in [1.807, 2.05) is 13.0 Å². The lowest BCUT2D eigenvalue weighted by Gasteiger charge is -2.04. The van der Waals surface area contributed by atoms with Crippen LogP contribution in [0, 0.1) is 11.3 Å². The Hall–Kier alpha value is -2.69. The minimum atomic E-state index is -0.448. The molecule has 1 aromatic heterocycles. The zero-order valence-corrected chi connectivity index (χ0v) is 11.2. The first kappa shape index (κ1) is 13.7. The van der Waals surface area contributed by atoms with Crippen LogP contribution >= 0.6 is 0 Å². The van der Waals surface area contributed by atoms with Crippen LogP contribution in [0.5, 0.6) is 0 Å². The SMILES string of the molecule is CCc1cc(CON=C2C(=O)N(CC#N)N=C2C)on1. The van der Waals surface area contributed by atoms with Crippen molar-refractivity contribution in [3.63, 3.8) is 0 Å². The van der Waals surface area contributed by atoms with Gasteiger partial charge in [-0.2, -0.15) is 10.4 Å². The number of aryl methyl sites for hydroxylation is 1. The van der Waals surface area contributed by atoms with Gasteiger partial charge in [0.15, 0.2) is 18.1 Å². The first-order chi connectivity index (χ1) is 9.65. The highest BCUT2D eigenvalue weighted by Crippen LogP contribution is 2.09. The summed E-state index contributed by atoms with van der Waals surface area (Å²) in [7, 11) is 0. The summed E-state index contributed by atoms with van der Waals surface area (Å²) >= 11 is 0. The Labute approximate surface area is 115 Å². The normalized spacial score (nSPS) is 16.4. The summed E-state index contributed by atoms with van der Waals surface area (Å²) in [5.74, 6) is 0.0796. The van der Waals surface area contributed by atoms with Crippen molar-refractivity contribution in [1.82, 2.24) is 10.2 Å². The van der Waals surface area contributed by atoms with E-state index in [2.05, 4.69) is 15.4 Å². The number of carbonyl (C=O) groups is 1. The second kappa shape index (κ2) is 5.97. The molecule has 0 spiro atoms. The van der Waals surface area contributed by atoms with Crippen molar-refractivity contribution in [2.75, 3.05) is 6.54 Å². The third-order valence-electron chi connectivity index (χ3n) is 2.60. The van der Waals surface area contributed by atoms with Crippen LogP contribution in [0.25, 0.3) is 0 Å². The monoisotopic (exact) mass is 275 g/mol. The average Bonchev–Trinajstić information content (AvgIpc) is 2.99. The maximum atomic E-state index is 11.8. The average molecular weight is 275 g/mol. The molecule has 8 nitrogen and oxygen atoms in total. The minimum absolute atomic E-state index is 0.0787. The maximum Gasteiger partial charge on any atom is 0.298 e. The molecule has 1 aliphatic rings. The van der Waals surface area contributed by atoms with Crippen molar-refractivity contribution in [3.05, 3.63) is 17.5 Å². The van der Waals surface area contributed by atoms with Gasteiger partial charge in [0.1, 0.15) is 6.54 Å². The number of nitrogens with zero attached hydrogens (tertiary/aromatic N) is 5. The van der Waals surface area contributed by atoms with Crippen molar-refractivity contribution in [2.45, 2.75) is 26.9 Å². The van der Waals surface area contributed by atoms with E-state index in [9.17, 15) is 4.79 Å². The van der Waals surface area contributed by atoms with Gasteiger partial charge in [0.25, 0.3) is 5.91 Å². The third kappa shape index (κ3) is 2.83. The molecule has 0 fully saturated rings. The number of aromatic nitrogens is 1. The van der Waals surface area contributed by atoms with Crippen LogP contribution in [0.1, 0.15) is 25.3 Å². The second-order valence-corrected chi connectivity index (χ2v) is 4.06. The van der Waals surface area contributed by atoms with E-state index in [1.54, 1.807) is 13.0 Å². The number of hydrazone groups is 1. The molecule has 0 aromatic carbocycles. The first-order valence-electron chi connectivity index (χ1n) is 6.04. The van der Waals surface area contributed by atoms with Crippen LogP contribution in [0.2, 0.25) is 0 Å². The van der Waals surface area contributed by atoms with E-state index in [0.29, 0.717) is 11.5 Å². The number of nitriles is 1. The van der Waals surface area contributed by atoms with E-state index in [4.69, 9.17) is 14.6 Å². The van der Waals surface area contributed by atoms with Crippen molar-refractivity contribution in [1.29, 1.82) is 5.26 Å². The van der Waals surface area contributed by atoms with Gasteiger partial charge in [-0.25, -0.2) is 5.01 Å². The van der Waals surface area contributed by atoms with Gasteiger partial charge < -0.3 is 9.36 Å². The van der Waals surface area contributed by atoms with Crippen LogP contribution in [0.3, 0.4) is 0 Å². The van der Waals surface area contributed by atoms with Crippen LogP contribution in [0.15, 0.2) is 20.8 Å². The highest BCUT2D eigenvalue weighted by Gasteiger charge is 2.29. The molecule has 0 saturated carbocycles. The Bertz CT molecular complexity index is 611. The number of amides is 1. The molecule has 2 heterocycles. The largest absolute Gasteiger partial charge is 0.387 e. The van der Waals surface area contributed by atoms with E-state index < -0.39 is 5.91 Å². The summed E-state index contributed by atoms with van der Waals surface area (Å²) in [5, 5.41) is 21.1. The number of hydrogen-bond donors (Lipinski definition) is 0. The van der Waals surface area contributed by atoms with Gasteiger partial charge in [-0.3, -0.25) is 4.79 Å². The van der Waals surface area contributed by atoms with Crippen molar-refractivity contribution in [3.8, 4) is 6.07 Å². The van der Waals surface area contributed by atoms with Gasteiger partial charge in [-0.05, 0) is 13.3 Å². The molecule has 1 amide bonds. The lowest BCUT2D eigenvalue weighted by atomic mass is 10.2. The minimum Gasteiger partial charge on any atom is -0.387 e. The highest BCUT2D eigenvalue weighted by molar-refractivity contribution is 6.68. The zero-order valence-electron chi connectivity index (χ0n) is 11.2. The van der Waals surface area contributed by atoms with Crippen LogP contribution < -0.4 is 0 Å². The Balaban J connectivity index is 1.97. The van der Waals surface area contributed by atoms with Crippen LogP contribution in [0.4, 0.5) is 0 Å². The van der Waals surface area contributed by atoms with E-state index in [-0.39, 0.29) is 18.9 Å². The quantitative estimate of drug-likeness (QED) is 0.585. The van der Waals surface area contributed by atoms with Gasteiger partial charge in [0.05, 0.1) is 17.5 Å². The molecule has 0 saturated heterocycles. The Kier molecular flexibility index (Phi) is 4.10. The van der Waals surface area contributed by atoms with Crippen LogP contribution in [-0.4, -0.2) is 34.0 Å². The molecule has 0 aliphatic carbocycles. The molecule has 0 atom stereocenters. The second-order valence-electron chi connectivity index (χ2n) is 4.06. The molecule has 0 unspecified atom stereocenters. The summed E-state index contributed by atoms with van der Waals surface area (Å²) in [4.78, 5) is 16.9. The number of oxime groups is 1. The molecule has 1 aliphatic heterocycles. The summed E-state index contributed by atoms with van der Waals surface area (Å²) in [6.45, 7) is 3.55. The fourth-order valence-corrected chi connectivity index (χ4v) is 1.58. The van der Waals surface area contributed by atoms with E-state index in [0.717, 1.165) is 17.1 Å². The maximum absolute atomic E-state index is 11.8. The molecular weight excluding hydrogens is 262 g/mol. The highest BCUT2D eigenvalue weighted by atomic mass is 16.6. The summed E-state index contributed by atoms with van der Waals surface area (Å²) < 4.78 is 5.02. The lowest BCUT2D eigenvalue weighted by Crippen LogP contribution is -2.27. The fourth-order valence-electron chi connectivity index (χ4n) is 1.58. The molecule has 2 rings (SSSR count). The molecule has 20 heavy (non-hydrogen) atoms. The van der Waals surface area contributed by atoms with Gasteiger partial charge in [-0.1, -0.05) is 17.2 Å². The van der Waals surface area contributed by atoms with Crippen molar-refractivity contribution >= 4 is 17.3 Å². The van der Waals surface area contributed by atoms with E-state index in [1.165, 1.54) is 0 Å². The molecular formula is C12H13N5O3. The predicted molar refractivity (Wildman–Crippen MR) is 68.5 cm³/mol. The number of hydrogen-bond acceptors (Lipinski definition) is 7. The van der Waals surface area contributed by atoms with Gasteiger partial charge in [0, 0.05) is 6.07 Å². The summed E-state index contributed by atoms with van der Waals surface area (Å²) in [6.07, 6.45) is 0.769. The van der Waals surface area contributed by atoms with Crippen molar-refractivity contribution < 1.29 is 14.2 Å². The summed E-state index contributed by atoms with van der Waals surface area (Å²) in [6, 6.07) is 3.61. The summed E-state index contributed by atoms with van der Waals surface area (Å²) in [5.41, 5.74) is 1.33. The Morgan fingerprint density at radius 3 is 3.05 bits per heavy atom. The van der Waals surface area contributed by atoms with Gasteiger partial charge in [0.2, 0.25) is 0 Å². The Morgan fingerprint density at radius 1 is 1.60 bits per heavy atom. The number of carbonyl (C=O) groups excluding carboxylic acids is 1. The Morgan fingerprint density at radius 2 is 2.40 bits per heavy atom. The standard InChI is InChI=1S/C12H13N5O3/c1-3-9-6-10(20-15-9)7-19-16-11-8(2)14-17(5-4-13)12(11)18/h6H,3,5,7H2,1-2H3. The first-order valence-corrected chi connectivity index (χ1v) is 6.04. The predicted octanol–water partition coefficient (Wildman–Crippen LogP) is 0.851. The lowest BCUT2D eigenvalue weighted by molar-refractivity contribution is -0.122. The van der Waals surface area contributed by atoms with Gasteiger partial charge >= 0.3 is 0 Å². The molecule has 104 valence electrons. The molecule has 8 heteroatoms. The van der Waals surface area contributed by atoms with E-state index >= 15 is 0 Å². The molecule has 1 aromatic rings. The van der Waals surface area contributed by atoms with Crippen LogP contribution in [-0.2, 0) is 22.7 Å².